The summed E-state index contributed by atoms with van der Waals surface area (Å²) < 4.78 is 5.24. The summed E-state index contributed by atoms with van der Waals surface area (Å²) in [6.45, 7) is 5.45. The highest BCUT2D eigenvalue weighted by atomic mass is 16.5. The Kier molecular flexibility index (Phi) is 4.65. The summed E-state index contributed by atoms with van der Waals surface area (Å²) in [6.07, 6.45) is 3.86. The molecule has 2 rings (SSSR count). The van der Waals surface area contributed by atoms with Crippen molar-refractivity contribution in [2.75, 3.05) is 6.61 Å². The Hall–Kier alpha value is -1.55. The summed E-state index contributed by atoms with van der Waals surface area (Å²) in [5, 5.41) is 3.64. The highest BCUT2D eigenvalue weighted by Crippen LogP contribution is 2.37. The molecule has 1 aromatic rings. The van der Waals surface area contributed by atoms with Gasteiger partial charge in [-0.1, -0.05) is 32.4 Å². The lowest BCUT2D eigenvalue weighted by molar-refractivity contribution is -0.119. The summed E-state index contributed by atoms with van der Waals surface area (Å²) in [5.41, 5.74) is 6.65. The van der Waals surface area contributed by atoms with Gasteiger partial charge in [-0.3, -0.25) is 4.79 Å². The first-order valence-corrected chi connectivity index (χ1v) is 7.21. The van der Waals surface area contributed by atoms with E-state index in [0.717, 1.165) is 6.54 Å². The lowest BCUT2D eigenvalue weighted by Crippen LogP contribution is -2.37. The Balaban J connectivity index is 1.83. The number of nitrogens with two attached hydrogens (primary N) is 1. The molecule has 1 aliphatic rings. The van der Waals surface area contributed by atoms with Crippen LogP contribution in [0.5, 0.6) is 5.75 Å². The molecule has 4 nitrogen and oxygen atoms in total. The van der Waals surface area contributed by atoms with E-state index in [1.165, 1.54) is 24.8 Å². The van der Waals surface area contributed by atoms with Crippen LogP contribution in [-0.4, -0.2) is 18.6 Å². The standard InChI is InChI=1S/C16H24N2O2/c1-16(2)9-3-4-14(16)18-10-12-5-7-13(8-6-12)20-11-15(17)19/h5-8,14,18H,3-4,9-11H2,1-2H3,(H2,17,19). The number of ether oxygens (including phenoxy) is 1. The van der Waals surface area contributed by atoms with Crippen molar-refractivity contribution in [1.29, 1.82) is 0 Å². The molecule has 1 saturated carbocycles. The Morgan fingerprint density at radius 3 is 2.65 bits per heavy atom. The number of benzene rings is 1. The summed E-state index contributed by atoms with van der Waals surface area (Å²) in [5.74, 6) is 0.216. The van der Waals surface area contributed by atoms with Gasteiger partial charge in [-0.2, -0.15) is 0 Å². The molecule has 0 bridgehead atoms. The Morgan fingerprint density at radius 1 is 1.40 bits per heavy atom. The number of carbonyl (C=O) groups excluding carboxylic acids is 1. The van der Waals surface area contributed by atoms with Gasteiger partial charge in [0.05, 0.1) is 0 Å². The molecular formula is C16H24N2O2. The first-order valence-electron chi connectivity index (χ1n) is 7.21. The Bertz CT molecular complexity index is 454. The molecule has 3 N–H and O–H groups in total. The minimum Gasteiger partial charge on any atom is -0.484 e. The van der Waals surface area contributed by atoms with Crippen molar-refractivity contribution in [2.24, 2.45) is 11.1 Å². The molecule has 0 radical (unpaired) electrons. The van der Waals surface area contributed by atoms with Crippen LogP contribution in [-0.2, 0) is 11.3 Å². The van der Waals surface area contributed by atoms with Crippen molar-refractivity contribution in [2.45, 2.75) is 45.7 Å². The van der Waals surface area contributed by atoms with Gasteiger partial charge in [0.25, 0.3) is 5.91 Å². The number of hydrogen-bond donors (Lipinski definition) is 2. The van der Waals surface area contributed by atoms with Crippen molar-refractivity contribution < 1.29 is 9.53 Å². The van der Waals surface area contributed by atoms with E-state index in [9.17, 15) is 4.79 Å². The van der Waals surface area contributed by atoms with Crippen molar-refractivity contribution in [3.05, 3.63) is 29.8 Å². The van der Waals surface area contributed by atoms with Gasteiger partial charge in [0.1, 0.15) is 5.75 Å². The van der Waals surface area contributed by atoms with Crippen LogP contribution in [0, 0.1) is 5.41 Å². The number of primary amides is 1. The summed E-state index contributed by atoms with van der Waals surface area (Å²) >= 11 is 0. The van der Waals surface area contributed by atoms with Crippen LogP contribution < -0.4 is 15.8 Å². The summed E-state index contributed by atoms with van der Waals surface area (Å²) in [7, 11) is 0. The number of hydrogen-bond acceptors (Lipinski definition) is 3. The van der Waals surface area contributed by atoms with E-state index in [-0.39, 0.29) is 6.61 Å². The van der Waals surface area contributed by atoms with Crippen LogP contribution in [0.25, 0.3) is 0 Å². The van der Waals surface area contributed by atoms with Gasteiger partial charge >= 0.3 is 0 Å². The molecule has 0 spiro atoms. The first-order chi connectivity index (χ1) is 9.47. The van der Waals surface area contributed by atoms with Crippen molar-refractivity contribution >= 4 is 5.91 Å². The third kappa shape index (κ3) is 3.97. The molecule has 1 unspecified atom stereocenters. The Morgan fingerprint density at radius 2 is 2.10 bits per heavy atom. The van der Waals surface area contributed by atoms with Crippen LogP contribution >= 0.6 is 0 Å². The summed E-state index contributed by atoms with van der Waals surface area (Å²) in [4.78, 5) is 10.6. The fourth-order valence-electron chi connectivity index (χ4n) is 2.80. The lowest BCUT2D eigenvalue weighted by Gasteiger charge is -2.28. The third-order valence-corrected chi connectivity index (χ3v) is 4.11. The second-order valence-electron chi connectivity index (χ2n) is 6.21. The highest BCUT2D eigenvalue weighted by molar-refractivity contribution is 5.75. The van der Waals surface area contributed by atoms with Gasteiger partial charge in [-0.25, -0.2) is 0 Å². The van der Waals surface area contributed by atoms with E-state index in [2.05, 4.69) is 19.2 Å². The largest absolute Gasteiger partial charge is 0.484 e. The molecule has 0 saturated heterocycles. The average molecular weight is 276 g/mol. The molecule has 1 aliphatic carbocycles. The van der Waals surface area contributed by atoms with Crippen molar-refractivity contribution in [3.8, 4) is 5.75 Å². The zero-order chi connectivity index (χ0) is 14.6. The molecule has 1 fully saturated rings. The molecule has 20 heavy (non-hydrogen) atoms. The van der Waals surface area contributed by atoms with Crippen LogP contribution in [0.4, 0.5) is 0 Å². The molecule has 1 atom stereocenters. The van der Waals surface area contributed by atoms with Crippen LogP contribution in [0.1, 0.15) is 38.7 Å². The predicted molar refractivity (Wildman–Crippen MR) is 79.4 cm³/mol. The minimum absolute atomic E-state index is 0.0755. The number of amides is 1. The van der Waals surface area contributed by atoms with E-state index >= 15 is 0 Å². The molecule has 4 heteroatoms. The normalized spacial score (nSPS) is 20.8. The average Bonchev–Trinajstić information content (AvgIpc) is 2.74. The van der Waals surface area contributed by atoms with Crippen LogP contribution in [0.15, 0.2) is 24.3 Å². The van der Waals surface area contributed by atoms with Crippen molar-refractivity contribution in [3.63, 3.8) is 0 Å². The molecule has 0 aromatic heterocycles. The first kappa shape index (κ1) is 14.9. The molecule has 110 valence electrons. The maximum Gasteiger partial charge on any atom is 0.255 e. The maximum atomic E-state index is 10.6. The van der Waals surface area contributed by atoms with Gasteiger partial charge in [-0.15, -0.1) is 0 Å². The second-order valence-corrected chi connectivity index (χ2v) is 6.21. The van der Waals surface area contributed by atoms with E-state index in [1.807, 2.05) is 24.3 Å². The fourth-order valence-corrected chi connectivity index (χ4v) is 2.80. The monoisotopic (exact) mass is 276 g/mol. The maximum absolute atomic E-state index is 10.6. The smallest absolute Gasteiger partial charge is 0.255 e. The van der Waals surface area contributed by atoms with Crippen molar-refractivity contribution in [1.82, 2.24) is 5.32 Å². The van der Waals surface area contributed by atoms with Crippen LogP contribution in [0.2, 0.25) is 0 Å². The van der Waals surface area contributed by atoms with E-state index < -0.39 is 5.91 Å². The predicted octanol–water partition coefficient (Wildman–Crippen LogP) is 2.22. The zero-order valence-corrected chi connectivity index (χ0v) is 12.3. The quantitative estimate of drug-likeness (QED) is 0.837. The minimum atomic E-state index is -0.459. The molecule has 0 heterocycles. The molecule has 1 amide bonds. The number of nitrogens with one attached hydrogen (secondary N) is 1. The Labute approximate surface area is 120 Å². The van der Waals surface area contributed by atoms with Gasteiger partial charge in [-0.05, 0) is 36.0 Å². The van der Waals surface area contributed by atoms with E-state index in [0.29, 0.717) is 17.2 Å². The van der Waals surface area contributed by atoms with E-state index in [1.54, 1.807) is 0 Å². The van der Waals surface area contributed by atoms with Gasteiger partial charge in [0.2, 0.25) is 0 Å². The van der Waals surface area contributed by atoms with E-state index in [4.69, 9.17) is 10.5 Å². The number of rotatable bonds is 6. The van der Waals surface area contributed by atoms with Crippen LogP contribution in [0.3, 0.4) is 0 Å². The topological polar surface area (TPSA) is 64.3 Å². The SMILES string of the molecule is CC1(C)CCCC1NCc1ccc(OCC(N)=O)cc1. The van der Waals surface area contributed by atoms with Gasteiger partial charge in [0.15, 0.2) is 6.61 Å². The molecular weight excluding hydrogens is 252 g/mol. The third-order valence-electron chi connectivity index (χ3n) is 4.11. The molecule has 0 aliphatic heterocycles. The molecule has 1 aromatic carbocycles. The fraction of sp³-hybridized carbons (Fsp3) is 0.562. The lowest BCUT2D eigenvalue weighted by atomic mass is 9.87. The van der Waals surface area contributed by atoms with Gasteiger partial charge in [0, 0.05) is 12.6 Å². The second kappa shape index (κ2) is 6.27. The highest BCUT2D eigenvalue weighted by Gasteiger charge is 2.33. The summed E-state index contributed by atoms with van der Waals surface area (Å²) in [6, 6.07) is 8.38. The van der Waals surface area contributed by atoms with Gasteiger partial charge < -0.3 is 15.8 Å². The number of carbonyl (C=O) groups is 1. The zero-order valence-electron chi connectivity index (χ0n) is 12.3.